The number of fused-ring (bicyclic) bond motifs is 1. The summed E-state index contributed by atoms with van der Waals surface area (Å²) in [5, 5.41) is 17.2. The van der Waals surface area contributed by atoms with Crippen molar-refractivity contribution < 1.29 is 9.63 Å². The van der Waals surface area contributed by atoms with Crippen LogP contribution in [-0.2, 0) is 4.84 Å². The Balaban J connectivity index is 1.89. The Bertz CT molecular complexity index is 748. The fraction of sp³-hybridized carbons (Fsp3) is 0. The van der Waals surface area contributed by atoms with E-state index in [0.717, 1.165) is 5.06 Å². The van der Waals surface area contributed by atoms with E-state index in [1.807, 2.05) is 0 Å². The molecule has 0 bridgehead atoms. The lowest BCUT2D eigenvalue weighted by molar-refractivity contribution is 0.0515. The number of rotatable bonds is 2. The SMILES string of the molecule is NC1=NN([O-])c2ccccc2N1OC(=O)c1ccc(Cl)cc1. The molecule has 2 N–H and O–H groups in total. The zero-order chi connectivity index (χ0) is 15.7. The topological polar surface area (TPSA) is 94.2 Å². The van der Waals surface area contributed by atoms with E-state index in [2.05, 4.69) is 5.10 Å². The first-order valence-corrected chi connectivity index (χ1v) is 6.62. The summed E-state index contributed by atoms with van der Waals surface area (Å²) in [6, 6.07) is 12.7. The van der Waals surface area contributed by atoms with Crippen LogP contribution in [0, 0.1) is 5.21 Å². The van der Waals surface area contributed by atoms with E-state index in [1.165, 1.54) is 12.1 Å². The Morgan fingerprint density at radius 2 is 1.77 bits per heavy atom. The van der Waals surface area contributed by atoms with E-state index in [0.29, 0.717) is 21.4 Å². The number of carbonyl (C=O) groups is 1. The van der Waals surface area contributed by atoms with Gasteiger partial charge in [-0.15, -0.1) is 10.2 Å². The van der Waals surface area contributed by atoms with Gasteiger partial charge in [0.15, 0.2) is 0 Å². The third-order valence-corrected chi connectivity index (χ3v) is 3.21. The molecule has 3 rings (SSSR count). The smallest absolute Gasteiger partial charge is 0.363 e. The maximum absolute atomic E-state index is 12.2. The van der Waals surface area contributed by atoms with Crippen molar-refractivity contribution >= 4 is 34.9 Å². The molecule has 2 aromatic carbocycles. The van der Waals surface area contributed by atoms with Gasteiger partial charge >= 0.3 is 5.97 Å². The summed E-state index contributed by atoms with van der Waals surface area (Å²) in [6.45, 7) is 0. The van der Waals surface area contributed by atoms with Crippen molar-refractivity contribution in [1.29, 1.82) is 0 Å². The number of hydrogen-bond donors (Lipinski definition) is 1. The lowest BCUT2D eigenvalue weighted by Gasteiger charge is -2.35. The number of guanidine groups is 1. The number of nitrogens with zero attached hydrogens (tertiary/aromatic N) is 3. The maximum Gasteiger partial charge on any atom is 0.363 e. The van der Waals surface area contributed by atoms with Gasteiger partial charge in [0.05, 0.1) is 11.3 Å². The molecule has 1 heterocycles. The molecule has 0 saturated carbocycles. The first kappa shape index (κ1) is 14.2. The van der Waals surface area contributed by atoms with Gasteiger partial charge in [0.25, 0.3) is 5.96 Å². The van der Waals surface area contributed by atoms with Crippen LogP contribution in [0.15, 0.2) is 53.6 Å². The highest BCUT2D eigenvalue weighted by molar-refractivity contribution is 6.30. The maximum atomic E-state index is 12.2. The number of para-hydroxylation sites is 2. The van der Waals surface area contributed by atoms with E-state index >= 15 is 0 Å². The zero-order valence-electron chi connectivity index (χ0n) is 11.1. The monoisotopic (exact) mass is 317 g/mol. The zero-order valence-corrected chi connectivity index (χ0v) is 11.9. The summed E-state index contributed by atoms with van der Waals surface area (Å²) < 4.78 is 0. The number of carbonyl (C=O) groups excluding carboxylic acids is 1. The van der Waals surface area contributed by atoms with E-state index < -0.39 is 5.97 Å². The van der Waals surface area contributed by atoms with Gasteiger partial charge < -0.3 is 21.0 Å². The molecular weight excluding hydrogens is 308 g/mol. The summed E-state index contributed by atoms with van der Waals surface area (Å²) in [5.41, 5.74) is 6.51. The Morgan fingerprint density at radius 3 is 2.45 bits per heavy atom. The molecule has 8 heteroatoms. The minimum atomic E-state index is -0.649. The van der Waals surface area contributed by atoms with Crippen molar-refractivity contribution in [2.45, 2.75) is 0 Å². The van der Waals surface area contributed by atoms with Gasteiger partial charge in [-0.2, -0.15) is 0 Å². The van der Waals surface area contributed by atoms with Crippen LogP contribution >= 0.6 is 11.6 Å². The normalized spacial score (nSPS) is 13.5. The van der Waals surface area contributed by atoms with E-state index in [-0.39, 0.29) is 11.6 Å². The van der Waals surface area contributed by atoms with Crippen LogP contribution in [-0.4, -0.2) is 11.9 Å². The van der Waals surface area contributed by atoms with Crippen molar-refractivity contribution in [3.8, 4) is 0 Å². The largest absolute Gasteiger partial charge is 0.737 e. The predicted octanol–water partition coefficient (Wildman–Crippen LogP) is 2.47. The lowest BCUT2D eigenvalue weighted by atomic mass is 10.2. The molecule has 1 aliphatic rings. The summed E-state index contributed by atoms with van der Waals surface area (Å²) in [6.07, 6.45) is 0. The number of nitrogens with two attached hydrogens (primary N) is 1. The highest BCUT2D eigenvalue weighted by Crippen LogP contribution is 2.32. The van der Waals surface area contributed by atoms with Crippen molar-refractivity contribution in [3.05, 3.63) is 64.3 Å². The molecule has 0 saturated heterocycles. The Kier molecular flexibility index (Phi) is 3.58. The summed E-state index contributed by atoms with van der Waals surface area (Å²) in [5.74, 6) is -0.889. The molecule has 0 aromatic heterocycles. The van der Waals surface area contributed by atoms with Gasteiger partial charge in [-0.05, 0) is 36.4 Å². The quantitative estimate of drug-likeness (QED) is 0.914. The fourth-order valence-electron chi connectivity index (χ4n) is 1.93. The third-order valence-electron chi connectivity index (χ3n) is 2.96. The van der Waals surface area contributed by atoms with Crippen molar-refractivity contribution in [3.63, 3.8) is 0 Å². The molecule has 0 fully saturated rings. The Hall–Kier alpha value is -2.77. The molecule has 7 nitrogen and oxygen atoms in total. The summed E-state index contributed by atoms with van der Waals surface area (Å²) >= 11 is 5.77. The van der Waals surface area contributed by atoms with Crippen LogP contribution in [0.4, 0.5) is 11.4 Å². The van der Waals surface area contributed by atoms with Crippen molar-refractivity contribution in [2.75, 3.05) is 10.2 Å². The molecule has 0 spiro atoms. The second kappa shape index (κ2) is 5.55. The minimum absolute atomic E-state index is 0.223. The second-order valence-electron chi connectivity index (χ2n) is 4.40. The van der Waals surface area contributed by atoms with Crippen molar-refractivity contribution in [2.24, 2.45) is 10.8 Å². The minimum Gasteiger partial charge on any atom is -0.737 e. The fourth-order valence-corrected chi connectivity index (χ4v) is 2.05. The van der Waals surface area contributed by atoms with E-state index in [4.69, 9.17) is 22.2 Å². The van der Waals surface area contributed by atoms with Gasteiger partial charge in [-0.3, -0.25) is 0 Å². The summed E-state index contributed by atoms with van der Waals surface area (Å²) in [7, 11) is 0. The van der Waals surface area contributed by atoms with E-state index in [9.17, 15) is 10.0 Å². The Labute approximate surface area is 130 Å². The first-order valence-electron chi connectivity index (χ1n) is 6.24. The number of hydroxylamine groups is 1. The van der Waals surface area contributed by atoms with Crippen LogP contribution < -0.4 is 16.0 Å². The van der Waals surface area contributed by atoms with Gasteiger partial charge in [0.2, 0.25) is 0 Å². The van der Waals surface area contributed by atoms with Crippen LogP contribution in [0.2, 0.25) is 5.02 Å². The number of hydrazone groups is 1. The number of hydrogen-bond acceptors (Lipinski definition) is 7. The van der Waals surface area contributed by atoms with Crippen LogP contribution in [0.1, 0.15) is 10.4 Å². The second-order valence-corrected chi connectivity index (χ2v) is 4.84. The number of benzene rings is 2. The van der Waals surface area contributed by atoms with Gasteiger partial charge in [-0.25, -0.2) is 4.79 Å². The van der Waals surface area contributed by atoms with Gasteiger partial charge in [0, 0.05) is 5.02 Å². The van der Waals surface area contributed by atoms with E-state index in [1.54, 1.807) is 36.4 Å². The van der Waals surface area contributed by atoms with Crippen LogP contribution in [0.3, 0.4) is 0 Å². The molecule has 1 aliphatic heterocycles. The van der Waals surface area contributed by atoms with Crippen LogP contribution in [0.25, 0.3) is 0 Å². The molecule has 2 aromatic rings. The number of halogens is 1. The third kappa shape index (κ3) is 2.54. The molecule has 0 radical (unpaired) electrons. The standard InChI is InChI=1S/C14H10ClN4O3/c15-10-7-5-9(6-8-10)13(20)22-18-11-3-1-2-4-12(11)19(21)17-14(18)16/h1-8H,(H2,16,17)/q-1. The highest BCUT2D eigenvalue weighted by atomic mass is 35.5. The average molecular weight is 318 g/mol. The molecule has 112 valence electrons. The first-order chi connectivity index (χ1) is 10.6. The average Bonchev–Trinajstić information content (AvgIpc) is 2.52. The highest BCUT2D eigenvalue weighted by Gasteiger charge is 2.25. The lowest BCUT2D eigenvalue weighted by Crippen LogP contribution is -2.43. The summed E-state index contributed by atoms with van der Waals surface area (Å²) in [4.78, 5) is 17.4. The molecule has 22 heavy (non-hydrogen) atoms. The van der Waals surface area contributed by atoms with Gasteiger partial charge in [0.1, 0.15) is 5.69 Å². The Morgan fingerprint density at radius 1 is 1.14 bits per heavy atom. The molecular formula is C14H10ClN4O3-. The molecule has 0 unspecified atom stereocenters. The molecule has 0 atom stereocenters. The number of anilines is 2. The molecule has 0 amide bonds. The van der Waals surface area contributed by atoms with Crippen molar-refractivity contribution in [1.82, 2.24) is 0 Å². The molecule has 0 aliphatic carbocycles. The van der Waals surface area contributed by atoms with Gasteiger partial charge in [-0.1, -0.05) is 23.7 Å². The van der Waals surface area contributed by atoms with Crippen LogP contribution in [0.5, 0.6) is 0 Å². The predicted molar refractivity (Wildman–Crippen MR) is 83.3 cm³/mol.